The van der Waals surface area contributed by atoms with Crippen LogP contribution in [0.1, 0.15) is 50.2 Å². The van der Waals surface area contributed by atoms with Crippen LogP contribution in [0.25, 0.3) is 0 Å². The van der Waals surface area contributed by atoms with Crippen LogP contribution < -0.4 is 4.74 Å². The molecule has 4 aliphatic rings. The highest BCUT2D eigenvalue weighted by atomic mass is 16.5. The molecule has 4 aliphatic carbocycles. The smallest absolute Gasteiger partial charge is 0.228 e. The highest BCUT2D eigenvalue weighted by Gasteiger charge is 2.55. The second kappa shape index (κ2) is 6.31. The van der Waals surface area contributed by atoms with Crippen LogP contribution in [-0.4, -0.2) is 36.6 Å². The van der Waals surface area contributed by atoms with Crippen molar-refractivity contribution in [1.29, 1.82) is 0 Å². The maximum Gasteiger partial charge on any atom is 0.228 e. The Morgan fingerprint density at radius 3 is 2.16 bits per heavy atom. The molecule has 0 heterocycles. The fourth-order valence-corrected chi connectivity index (χ4v) is 6.05. The molecule has 0 aromatic heterocycles. The molecular formula is C21H29NO3. The predicted molar refractivity (Wildman–Crippen MR) is 96.2 cm³/mol. The van der Waals surface area contributed by atoms with E-state index >= 15 is 0 Å². The average Bonchev–Trinajstić information content (AvgIpc) is 2.60. The van der Waals surface area contributed by atoms with Crippen molar-refractivity contribution >= 4 is 5.91 Å². The van der Waals surface area contributed by atoms with Gasteiger partial charge >= 0.3 is 0 Å². The Kier molecular flexibility index (Phi) is 4.27. The van der Waals surface area contributed by atoms with E-state index in [1.54, 1.807) is 12.0 Å². The van der Waals surface area contributed by atoms with Crippen LogP contribution in [0.3, 0.4) is 0 Å². The van der Waals surface area contributed by atoms with Crippen molar-refractivity contribution in [2.75, 3.05) is 20.7 Å². The molecule has 4 heteroatoms. The summed E-state index contributed by atoms with van der Waals surface area (Å²) in [4.78, 5) is 15.0. The molecule has 1 N–H and O–H groups in total. The number of likely N-dealkylation sites (N-methyl/N-ethyl adjacent to an activating group) is 1. The molecular weight excluding hydrogens is 314 g/mol. The zero-order valence-corrected chi connectivity index (χ0v) is 15.3. The first-order valence-electron chi connectivity index (χ1n) is 9.56. The molecule has 0 aliphatic heterocycles. The molecule has 0 spiro atoms. The lowest BCUT2D eigenvalue weighted by Crippen LogP contribution is -2.54. The van der Waals surface area contributed by atoms with Crippen LogP contribution in [0, 0.1) is 23.2 Å². The minimum absolute atomic E-state index is 0.136. The van der Waals surface area contributed by atoms with E-state index in [-0.39, 0.29) is 11.3 Å². The second-order valence-corrected chi connectivity index (χ2v) is 8.67. The zero-order valence-electron chi connectivity index (χ0n) is 15.3. The molecule has 4 saturated carbocycles. The van der Waals surface area contributed by atoms with E-state index < -0.39 is 6.10 Å². The topological polar surface area (TPSA) is 49.8 Å². The second-order valence-electron chi connectivity index (χ2n) is 8.67. The summed E-state index contributed by atoms with van der Waals surface area (Å²) in [6.07, 6.45) is 6.57. The van der Waals surface area contributed by atoms with Crippen molar-refractivity contribution in [1.82, 2.24) is 4.90 Å². The fraction of sp³-hybridized carbons (Fsp3) is 0.667. The van der Waals surface area contributed by atoms with E-state index in [2.05, 4.69) is 0 Å². The van der Waals surface area contributed by atoms with Crippen LogP contribution >= 0.6 is 0 Å². The number of aliphatic hydroxyl groups excluding tert-OH is 1. The fourth-order valence-electron chi connectivity index (χ4n) is 6.05. The number of rotatable bonds is 5. The quantitative estimate of drug-likeness (QED) is 0.891. The summed E-state index contributed by atoms with van der Waals surface area (Å²) >= 11 is 0. The molecule has 5 rings (SSSR count). The van der Waals surface area contributed by atoms with Gasteiger partial charge in [0.1, 0.15) is 5.75 Å². The number of aliphatic hydroxyl groups is 1. The highest BCUT2D eigenvalue weighted by molar-refractivity contribution is 5.83. The van der Waals surface area contributed by atoms with Gasteiger partial charge in [0, 0.05) is 7.05 Å². The molecule has 1 amide bonds. The molecule has 0 saturated heterocycles. The van der Waals surface area contributed by atoms with Crippen LogP contribution in [0.2, 0.25) is 0 Å². The summed E-state index contributed by atoms with van der Waals surface area (Å²) in [5, 5.41) is 10.6. The molecule has 1 atom stereocenters. The first-order valence-corrected chi connectivity index (χ1v) is 9.56. The number of benzene rings is 1. The number of ether oxygens (including phenoxy) is 1. The Morgan fingerprint density at radius 2 is 1.68 bits per heavy atom. The number of hydrogen-bond donors (Lipinski definition) is 1. The SMILES string of the molecule is COc1ccc(C(O)CN(C)C(=O)C23CC4CC(CC(C4)C2)C3)cc1. The van der Waals surface area contributed by atoms with Crippen molar-refractivity contribution in [3.63, 3.8) is 0 Å². The molecule has 1 aromatic rings. The van der Waals surface area contributed by atoms with E-state index in [0.29, 0.717) is 6.54 Å². The first-order chi connectivity index (χ1) is 12.0. The molecule has 1 unspecified atom stereocenters. The predicted octanol–water partition coefficient (Wildman–Crippen LogP) is 3.40. The van der Waals surface area contributed by atoms with Gasteiger partial charge in [-0.25, -0.2) is 0 Å². The van der Waals surface area contributed by atoms with E-state index in [1.165, 1.54) is 19.3 Å². The van der Waals surface area contributed by atoms with Crippen LogP contribution in [0.15, 0.2) is 24.3 Å². The summed E-state index contributed by atoms with van der Waals surface area (Å²) in [6.45, 7) is 0.354. The molecule has 0 radical (unpaired) electrons. The Hall–Kier alpha value is -1.55. The van der Waals surface area contributed by atoms with Gasteiger partial charge in [-0.1, -0.05) is 12.1 Å². The molecule has 136 valence electrons. The van der Waals surface area contributed by atoms with Gasteiger partial charge in [0.05, 0.1) is 25.2 Å². The Bertz CT molecular complexity index is 604. The number of carbonyl (C=O) groups is 1. The Balaban J connectivity index is 1.43. The van der Waals surface area contributed by atoms with Gasteiger partial charge in [0.15, 0.2) is 0 Å². The van der Waals surface area contributed by atoms with Crippen LogP contribution in [-0.2, 0) is 4.79 Å². The molecule has 4 nitrogen and oxygen atoms in total. The lowest BCUT2D eigenvalue weighted by atomic mass is 9.49. The monoisotopic (exact) mass is 343 g/mol. The van der Waals surface area contributed by atoms with Gasteiger partial charge < -0.3 is 14.7 Å². The molecule has 25 heavy (non-hydrogen) atoms. The standard InChI is InChI=1S/C21H29NO3/c1-22(13-19(23)17-3-5-18(25-2)6-4-17)20(24)21-10-14-7-15(11-21)9-16(8-14)12-21/h3-6,14-16,19,23H,7-13H2,1-2H3. The van der Waals surface area contributed by atoms with Crippen LogP contribution in [0.4, 0.5) is 0 Å². The summed E-state index contributed by atoms with van der Waals surface area (Å²) in [5.74, 6) is 3.31. The van der Waals surface area contributed by atoms with E-state index in [1.807, 2.05) is 31.3 Å². The van der Waals surface area contributed by atoms with Gasteiger partial charge in [-0.2, -0.15) is 0 Å². The number of methoxy groups -OCH3 is 1. The molecule has 4 fully saturated rings. The van der Waals surface area contributed by atoms with Gasteiger partial charge in [-0.15, -0.1) is 0 Å². The van der Waals surface area contributed by atoms with Crippen LogP contribution in [0.5, 0.6) is 5.75 Å². The minimum atomic E-state index is -0.659. The van der Waals surface area contributed by atoms with Crippen molar-refractivity contribution in [2.45, 2.75) is 44.6 Å². The van der Waals surface area contributed by atoms with E-state index in [9.17, 15) is 9.90 Å². The third-order valence-corrected chi connectivity index (χ3v) is 6.79. The lowest BCUT2D eigenvalue weighted by Gasteiger charge is -2.56. The number of carbonyl (C=O) groups excluding carboxylic acids is 1. The third-order valence-electron chi connectivity index (χ3n) is 6.79. The van der Waals surface area contributed by atoms with Crippen molar-refractivity contribution < 1.29 is 14.6 Å². The van der Waals surface area contributed by atoms with Gasteiger partial charge in [0.2, 0.25) is 5.91 Å². The van der Waals surface area contributed by atoms with Gasteiger partial charge in [-0.3, -0.25) is 4.79 Å². The van der Waals surface area contributed by atoms with Gasteiger partial charge in [0.25, 0.3) is 0 Å². The number of nitrogens with zero attached hydrogens (tertiary/aromatic N) is 1. The van der Waals surface area contributed by atoms with Crippen molar-refractivity contribution in [3.05, 3.63) is 29.8 Å². The van der Waals surface area contributed by atoms with Crippen molar-refractivity contribution in [2.24, 2.45) is 23.2 Å². The summed E-state index contributed by atoms with van der Waals surface area (Å²) in [5.41, 5.74) is 0.689. The largest absolute Gasteiger partial charge is 0.497 e. The molecule has 4 bridgehead atoms. The summed E-state index contributed by atoms with van der Waals surface area (Å²) in [6, 6.07) is 7.43. The van der Waals surface area contributed by atoms with Crippen molar-refractivity contribution in [3.8, 4) is 5.75 Å². The Morgan fingerprint density at radius 1 is 1.16 bits per heavy atom. The van der Waals surface area contributed by atoms with Gasteiger partial charge in [-0.05, 0) is 74.0 Å². The minimum Gasteiger partial charge on any atom is -0.497 e. The molecule has 1 aromatic carbocycles. The lowest BCUT2D eigenvalue weighted by molar-refractivity contribution is -0.157. The zero-order chi connectivity index (χ0) is 17.6. The first kappa shape index (κ1) is 16.9. The summed E-state index contributed by atoms with van der Waals surface area (Å²) in [7, 11) is 3.48. The Labute approximate surface area is 150 Å². The highest BCUT2D eigenvalue weighted by Crippen LogP contribution is 2.60. The normalized spacial score (nSPS) is 34.0. The van der Waals surface area contributed by atoms with E-state index in [0.717, 1.165) is 48.3 Å². The maximum absolute atomic E-state index is 13.3. The average molecular weight is 343 g/mol. The summed E-state index contributed by atoms with van der Waals surface area (Å²) < 4.78 is 5.16. The van der Waals surface area contributed by atoms with E-state index in [4.69, 9.17) is 4.74 Å². The number of amides is 1. The third kappa shape index (κ3) is 3.05. The maximum atomic E-state index is 13.3. The number of hydrogen-bond acceptors (Lipinski definition) is 3.